The highest BCUT2D eigenvalue weighted by molar-refractivity contribution is 7.89. The number of benzene rings is 1. The molecule has 27 heavy (non-hydrogen) atoms. The summed E-state index contributed by atoms with van der Waals surface area (Å²) in [7, 11) is -3.78. The Morgan fingerprint density at radius 2 is 1.78 bits per heavy atom. The van der Waals surface area contributed by atoms with Gasteiger partial charge in [0.1, 0.15) is 5.82 Å². The van der Waals surface area contributed by atoms with Gasteiger partial charge in [0.2, 0.25) is 10.0 Å². The van der Waals surface area contributed by atoms with Gasteiger partial charge in [-0.15, -0.1) is 0 Å². The van der Waals surface area contributed by atoms with E-state index in [1.54, 1.807) is 4.72 Å². The van der Waals surface area contributed by atoms with Crippen molar-refractivity contribution in [2.45, 2.75) is 50.7 Å². The van der Waals surface area contributed by atoms with Gasteiger partial charge < -0.3 is 4.74 Å². The molecule has 4 fully saturated rings. The molecule has 1 aromatic rings. The van der Waals surface area contributed by atoms with E-state index in [9.17, 15) is 17.6 Å². The van der Waals surface area contributed by atoms with E-state index in [0.29, 0.717) is 5.56 Å². The maximum absolute atomic E-state index is 14.4. The van der Waals surface area contributed by atoms with Crippen LogP contribution >= 0.6 is 11.6 Å². The molecule has 4 saturated carbocycles. The largest absolute Gasteiger partial charge is 0.370 e. The summed E-state index contributed by atoms with van der Waals surface area (Å²) in [6.45, 7) is 0.190. The maximum Gasteiger partial charge on any atom is 0.267 e. The Morgan fingerprint density at radius 1 is 1.22 bits per heavy atom. The van der Waals surface area contributed by atoms with Gasteiger partial charge in [0.05, 0.1) is 24.0 Å². The highest BCUT2D eigenvalue weighted by atomic mass is 35.5. The Morgan fingerprint density at radius 3 is 2.30 bits per heavy atom. The van der Waals surface area contributed by atoms with E-state index in [4.69, 9.17) is 16.3 Å². The maximum atomic E-state index is 14.4. The van der Waals surface area contributed by atoms with Gasteiger partial charge in [0.15, 0.2) is 0 Å². The minimum Gasteiger partial charge on any atom is -0.370 e. The molecule has 1 aromatic carbocycles. The van der Waals surface area contributed by atoms with Gasteiger partial charge in [-0.1, -0.05) is 11.6 Å². The number of halogens is 2. The second-order valence-electron chi connectivity index (χ2n) is 8.52. The first-order valence-electron chi connectivity index (χ1n) is 9.26. The van der Waals surface area contributed by atoms with Crippen LogP contribution in [0.4, 0.5) is 4.39 Å². The zero-order valence-corrected chi connectivity index (χ0v) is 16.7. The first-order valence-corrected chi connectivity index (χ1v) is 11.5. The summed E-state index contributed by atoms with van der Waals surface area (Å²) in [6.07, 6.45) is 7.94. The zero-order valence-electron chi connectivity index (χ0n) is 15.1. The average molecular weight is 416 g/mol. The number of sulfonamides is 1. The summed E-state index contributed by atoms with van der Waals surface area (Å²) in [5, 5.41) is 0.194. The number of carbonyl (C=O) groups is 1. The van der Waals surface area contributed by atoms with Gasteiger partial charge in [-0.3, -0.25) is 4.79 Å². The molecule has 148 valence electrons. The van der Waals surface area contributed by atoms with Crippen LogP contribution in [0, 0.1) is 23.6 Å². The molecule has 0 spiro atoms. The summed E-state index contributed by atoms with van der Waals surface area (Å²) in [4.78, 5) is 11.9. The van der Waals surface area contributed by atoms with Crippen LogP contribution in [0.15, 0.2) is 12.1 Å². The summed E-state index contributed by atoms with van der Waals surface area (Å²) in [5.41, 5.74) is -0.0502. The van der Waals surface area contributed by atoms with Crippen molar-refractivity contribution < 1.29 is 22.3 Å². The van der Waals surface area contributed by atoms with E-state index >= 15 is 0 Å². The third-order valence-corrected chi connectivity index (χ3v) is 7.08. The normalized spacial score (nSPS) is 31.9. The van der Waals surface area contributed by atoms with Crippen molar-refractivity contribution in [1.29, 1.82) is 0 Å². The Kier molecular flexibility index (Phi) is 4.76. The van der Waals surface area contributed by atoms with Crippen LogP contribution < -0.4 is 4.72 Å². The van der Waals surface area contributed by atoms with Gasteiger partial charge in [-0.25, -0.2) is 17.5 Å². The van der Waals surface area contributed by atoms with Crippen LogP contribution in [0.25, 0.3) is 0 Å². The number of nitrogens with one attached hydrogen (secondary N) is 1. The quantitative estimate of drug-likeness (QED) is 0.796. The van der Waals surface area contributed by atoms with Crippen LogP contribution in [0.3, 0.4) is 0 Å². The molecule has 0 saturated heterocycles. The second-order valence-corrected chi connectivity index (χ2v) is 10.7. The fraction of sp³-hybridized carbons (Fsp3) is 0.632. The smallest absolute Gasteiger partial charge is 0.267 e. The Bertz CT molecular complexity index is 851. The van der Waals surface area contributed by atoms with Crippen LogP contribution in [-0.4, -0.2) is 26.2 Å². The minimum atomic E-state index is -3.78. The fourth-order valence-corrected chi connectivity index (χ4v) is 6.20. The van der Waals surface area contributed by atoms with E-state index < -0.39 is 27.3 Å². The van der Waals surface area contributed by atoms with E-state index in [-0.39, 0.29) is 17.2 Å². The van der Waals surface area contributed by atoms with Crippen LogP contribution in [-0.2, 0) is 21.4 Å². The van der Waals surface area contributed by atoms with Gasteiger partial charge in [0, 0.05) is 5.02 Å². The summed E-state index contributed by atoms with van der Waals surface area (Å²) in [6, 6.07) is 2.33. The standard InChI is InChI=1S/C19H23ClFNO4S/c1-27(24,25)22-18(23)15-6-16(20)14(5-17(15)21)10-26-19-7-11-2-12(8-19)4-13(3-11)9-19/h5-6,11-13H,2-4,7-10H2,1H3,(H,22,23). The van der Waals surface area contributed by atoms with Crippen molar-refractivity contribution in [3.8, 4) is 0 Å². The molecule has 1 N–H and O–H groups in total. The van der Waals surface area contributed by atoms with E-state index in [1.807, 2.05) is 0 Å². The van der Waals surface area contributed by atoms with Gasteiger partial charge >= 0.3 is 0 Å². The molecular weight excluding hydrogens is 393 g/mol. The number of hydrogen-bond acceptors (Lipinski definition) is 4. The highest BCUT2D eigenvalue weighted by Gasteiger charge is 2.51. The molecule has 1 amide bonds. The molecule has 5 nitrogen and oxygen atoms in total. The lowest BCUT2D eigenvalue weighted by molar-refractivity contribution is -0.168. The Labute approximate surface area is 163 Å². The lowest BCUT2D eigenvalue weighted by Gasteiger charge is -2.56. The van der Waals surface area contributed by atoms with Crippen molar-refractivity contribution in [1.82, 2.24) is 4.72 Å². The molecule has 8 heteroatoms. The highest BCUT2D eigenvalue weighted by Crippen LogP contribution is 2.57. The first kappa shape index (κ1) is 19.2. The fourth-order valence-electron chi connectivity index (χ4n) is 5.53. The van der Waals surface area contributed by atoms with Crippen molar-refractivity contribution in [2.24, 2.45) is 17.8 Å². The molecule has 0 aliphatic heterocycles. The number of carbonyl (C=O) groups excluding carboxylic acids is 1. The monoisotopic (exact) mass is 415 g/mol. The van der Waals surface area contributed by atoms with Crippen molar-refractivity contribution in [3.05, 3.63) is 34.1 Å². The predicted molar refractivity (Wildman–Crippen MR) is 99.4 cm³/mol. The summed E-state index contributed by atoms with van der Waals surface area (Å²) in [5.74, 6) is 0.372. The lowest BCUT2D eigenvalue weighted by Crippen LogP contribution is -2.51. The second kappa shape index (κ2) is 6.71. The minimum absolute atomic E-state index is 0.124. The van der Waals surface area contributed by atoms with Crippen LogP contribution in [0.1, 0.15) is 54.4 Å². The van der Waals surface area contributed by atoms with Crippen molar-refractivity contribution in [2.75, 3.05) is 6.26 Å². The molecule has 0 radical (unpaired) electrons. The molecule has 4 aliphatic rings. The number of ether oxygens (including phenoxy) is 1. The van der Waals surface area contributed by atoms with Crippen molar-refractivity contribution >= 4 is 27.5 Å². The molecular formula is C19H23ClFNO4S. The molecule has 0 aromatic heterocycles. The van der Waals surface area contributed by atoms with E-state index in [1.165, 1.54) is 25.3 Å². The number of hydrogen-bond donors (Lipinski definition) is 1. The predicted octanol–water partition coefficient (Wildman–Crippen LogP) is 3.65. The van der Waals surface area contributed by atoms with Gasteiger partial charge in [0.25, 0.3) is 5.91 Å². The Hall–Kier alpha value is -1.18. The Balaban J connectivity index is 1.49. The first-order chi connectivity index (χ1) is 12.6. The molecule has 4 bridgehead atoms. The molecule has 0 unspecified atom stereocenters. The average Bonchev–Trinajstić information content (AvgIpc) is 2.52. The number of rotatable bonds is 5. The SMILES string of the molecule is CS(=O)(=O)NC(=O)c1cc(Cl)c(COC23CC4CC(CC(C4)C2)C3)cc1F. The summed E-state index contributed by atoms with van der Waals surface area (Å²) < 4.78 is 44.8. The van der Waals surface area contributed by atoms with Crippen molar-refractivity contribution in [3.63, 3.8) is 0 Å². The topological polar surface area (TPSA) is 72.5 Å². The molecule has 5 rings (SSSR count). The molecule has 4 aliphatic carbocycles. The molecule has 0 heterocycles. The lowest BCUT2D eigenvalue weighted by atomic mass is 9.54. The van der Waals surface area contributed by atoms with E-state index in [2.05, 4.69) is 0 Å². The van der Waals surface area contributed by atoms with Gasteiger partial charge in [-0.05, 0) is 74.0 Å². The number of amides is 1. The molecule has 0 atom stereocenters. The third kappa shape index (κ3) is 4.00. The third-order valence-electron chi connectivity index (χ3n) is 6.17. The van der Waals surface area contributed by atoms with Gasteiger partial charge in [-0.2, -0.15) is 0 Å². The van der Waals surface area contributed by atoms with Crippen LogP contribution in [0.2, 0.25) is 5.02 Å². The van der Waals surface area contributed by atoms with E-state index in [0.717, 1.165) is 49.3 Å². The zero-order chi connectivity index (χ0) is 19.4. The van der Waals surface area contributed by atoms with Crippen LogP contribution in [0.5, 0.6) is 0 Å². The summed E-state index contributed by atoms with van der Waals surface area (Å²) >= 11 is 6.23.